The minimum atomic E-state index is -0.219. The van der Waals surface area contributed by atoms with E-state index in [1.807, 2.05) is 42.6 Å². The summed E-state index contributed by atoms with van der Waals surface area (Å²) < 4.78 is 0. The molecule has 0 aliphatic rings. The number of thiophene rings is 1. The lowest BCUT2D eigenvalue weighted by Crippen LogP contribution is -2.27. The topological polar surface area (TPSA) is 67.2 Å². The second-order valence-electron chi connectivity index (χ2n) is 4.48. The summed E-state index contributed by atoms with van der Waals surface area (Å²) in [6.45, 7) is 2.81. The van der Waals surface area contributed by atoms with Gasteiger partial charge in [-0.15, -0.1) is 11.3 Å². The number of carbonyl (C=O) groups is 1. The Morgan fingerprint density at radius 1 is 1.38 bits per heavy atom. The molecule has 2 amide bonds. The first kappa shape index (κ1) is 15.1. The van der Waals surface area contributed by atoms with Gasteiger partial charge in [0.25, 0.3) is 0 Å². The van der Waals surface area contributed by atoms with Crippen LogP contribution in [-0.2, 0) is 6.54 Å². The minimum absolute atomic E-state index is 0.219. The van der Waals surface area contributed by atoms with Crippen molar-refractivity contribution in [1.82, 2.24) is 5.32 Å². The standard InChI is InChI=1S/C16H17N3OS/c1-12-4-2-6-14(8-12)19-16(20)18-10-15-9-13(11-21-15)5-3-7-17/h2,4,6,8-9,11H,7,10,17H2,1H3,(H2,18,19,20). The zero-order valence-corrected chi connectivity index (χ0v) is 12.6. The summed E-state index contributed by atoms with van der Waals surface area (Å²) in [7, 11) is 0. The summed E-state index contributed by atoms with van der Waals surface area (Å²) in [6.07, 6.45) is 0. The molecule has 2 aromatic rings. The van der Waals surface area contributed by atoms with Crippen molar-refractivity contribution in [1.29, 1.82) is 0 Å². The quantitative estimate of drug-likeness (QED) is 0.763. The minimum Gasteiger partial charge on any atom is -0.333 e. The van der Waals surface area contributed by atoms with Gasteiger partial charge in [-0.3, -0.25) is 0 Å². The van der Waals surface area contributed by atoms with Gasteiger partial charge in [-0.05, 0) is 30.7 Å². The van der Waals surface area contributed by atoms with Crippen LogP contribution in [0.1, 0.15) is 16.0 Å². The molecule has 0 unspecified atom stereocenters. The summed E-state index contributed by atoms with van der Waals surface area (Å²) in [6, 6.07) is 9.42. The fraction of sp³-hybridized carbons (Fsp3) is 0.188. The average molecular weight is 299 g/mol. The van der Waals surface area contributed by atoms with Gasteiger partial charge in [0.15, 0.2) is 0 Å². The van der Waals surface area contributed by atoms with Gasteiger partial charge in [0.1, 0.15) is 0 Å². The third-order valence-electron chi connectivity index (χ3n) is 2.69. The molecule has 4 N–H and O–H groups in total. The first-order valence-corrected chi connectivity index (χ1v) is 7.43. The van der Waals surface area contributed by atoms with Gasteiger partial charge < -0.3 is 16.4 Å². The number of hydrogen-bond acceptors (Lipinski definition) is 3. The lowest BCUT2D eigenvalue weighted by molar-refractivity contribution is 0.252. The van der Waals surface area contributed by atoms with Crippen LogP contribution in [0.2, 0.25) is 0 Å². The van der Waals surface area contributed by atoms with Crippen molar-refractivity contribution in [3.63, 3.8) is 0 Å². The van der Waals surface area contributed by atoms with Gasteiger partial charge in [0.05, 0.1) is 13.1 Å². The number of nitrogens with one attached hydrogen (secondary N) is 2. The van der Waals surface area contributed by atoms with E-state index in [2.05, 4.69) is 22.5 Å². The molecular formula is C16H17N3OS. The van der Waals surface area contributed by atoms with E-state index in [1.165, 1.54) is 0 Å². The second-order valence-corrected chi connectivity index (χ2v) is 5.48. The number of anilines is 1. The molecule has 0 bridgehead atoms. The monoisotopic (exact) mass is 299 g/mol. The summed E-state index contributed by atoms with van der Waals surface area (Å²) in [5.74, 6) is 5.77. The van der Waals surface area contributed by atoms with E-state index in [9.17, 15) is 4.79 Å². The lowest BCUT2D eigenvalue weighted by Gasteiger charge is -2.07. The number of hydrogen-bond donors (Lipinski definition) is 3. The Morgan fingerprint density at radius 2 is 2.24 bits per heavy atom. The molecule has 0 fully saturated rings. The highest BCUT2D eigenvalue weighted by Crippen LogP contribution is 2.14. The van der Waals surface area contributed by atoms with E-state index in [4.69, 9.17) is 5.73 Å². The molecule has 21 heavy (non-hydrogen) atoms. The number of rotatable bonds is 3. The molecule has 0 atom stereocenters. The Labute approximate surface area is 128 Å². The van der Waals surface area contributed by atoms with Crippen LogP contribution in [-0.4, -0.2) is 12.6 Å². The van der Waals surface area contributed by atoms with E-state index in [0.717, 1.165) is 21.7 Å². The van der Waals surface area contributed by atoms with Crippen molar-refractivity contribution in [2.24, 2.45) is 5.73 Å². The number of aryl methyl sites for hydroxylation is 1. The molecule has 2 rings (SSSR count). The van der Waals surface area contributed by atoms with Crippen LogP contribution in [0, 0.1) is 18.8 Å². The molecule has 4 nitrogen and oxygen atoms in total. The van der Waals surface area contributed by atoms with Crippen LogP contribution < -0.4 is 16.4 Å². The maximum Gasteiger partial charge on any atom is 0.319 e. The van der Waals surface area contributed by atoms with Crippen molar-refractivity contribution in [3.05, 3.63) is 51.7 Å². The molecule has 1 aromatic carbocycles. The van der Waals surface area contributed by atoms with Crippen LogP contribution >= 0.6 is 11.3 Å². The molecule has 0 spiro atoms. The molecular weight excluding hydrogens is 282 g/mol. The Kier molecular flexibility index (Phi) is 5.38. The first-order chi connectivity index (χ1) is 10.2. The van der Waals surface area contributed by atoms with Gasteiger partial charge in [-0.1, -0.05) is 24.0 Å². The van der Waals surface area contributed by atoms with E-state index >= 15 is 0 Å². The van der Waals surface area contributed by atoms with Crippen molar-refractivity contribution < 1.29 is 4.79 Å². The molecule has 5 heteroatoms. The van der Waals surface area contributed by atoms with Gasteiger partial charge >= 0.3 is 6.03 Å². The van der Waals surface area contributed by atoms with Gasteiger partial charge in [0, 0.05) is 21.5 Å². The molecule has 0 saturated carbocycles. The second kappa shape index (κ2) is 7.48. The average Bonchev–Trinajstić information content (AvgIpc) is 2.91. The molecule has 0 radical (unpaired) electrons. The Balaban J connectivity index is 1.85. The SMILES string of the molecule is Cc1cccc(NC(=O)NCc2cc(C#CCN)cs2)c1. The number of urea groups is 1. The van der Waals surface area contributed by atoms with E-state index in [0.29, 0.717) is 13.1 Å². The first-order valence-electron chi connectivity index (χ1n) is 6.55. The zero-order chi connectivity index (χ0) is 15.1. The molecule has 0 aliphatic carbocycles. The smallest absolute Gasteiger partial charge is 0.319 e. The van der Waals surface area contributed by atoms with Crippen molar-refractivity contribution >= 4 is 23.1 Å². The normalized spacial score (nSPS) is 9.62. The van der Waals surface area contributed by atoms with Gasteiger partial charge in [-0.25, -0.2) is 4.79 Å². The lowest BCUT2D eigenvalue weighted by atomic mass is 10.2. The maximum absolute atomic E-state index is 11.8. The number of nitrogens with two attached hydrogens (primary N) is 1. The van der Waals surface area contributed by atoms with E-state index in [-0.39, 0.29) is 6.03 Å². The molecule has 1 aromatic heterocycles. The predicted molar refractivity (Wildman–Crippen MR) is 87.3 cm³/mol. The Morgan fingerprint density at radius 3 is 3.00 bits per heavy atom. The number of benzene rings is 1. The number of amides is 2. The Bertz CT molecular complexity index is 682. The summed E-state index contributed by atoms with van der Waals surface area (Å²) >= 11 is 1.56. The molecule has 108 valence electrons. The van der Waals surface area contributed by atoms with Gasteiger partial charge in [0.2, 0.25) is 0 Å². The highest BCUT2D eigenvalue weighted by atomic mass is 32.1. The van der Waals surface area contributed by atoms with Crippen LogP contribution in [0.5, 0.6) is 0 Å². The predicted octanol–water partition coefficient (Wildman–Crippen LogP) is 2.69. The van der Waals surface area contributed by atoms with Crippen molar-refractivity contribution in [2.75, 3.05) is 11.9 Å². The van der Waals surface area contributed by atoms with Crippen LogP contribution in [0.15, 0.2) is 35.7 Å². The highest BCUT2D eigenvalue weighted by Gasteiger charge is 2.03. The molecule has 1 heterocycles. The van der Waals surface area contributed by atoms with E-state index < -0.39 is 0 Å². The Hall–Kier alpha value is -2.29. The highest BCUT2D eigenvalue weighted by molar-refractivity contribution is 7.10. The number of carbonyl (C=O) groups excluding carboxylic acids is 1. The molecule has 0 aliphatic heterocycles. The van der Waals surface area contributed by atoms with Crippen LogP contribution in [0.3, 0.4) is 0 Å². The summed E-state index contributed by atoms with van der Waals surface area (Å²) in [5, 5.41) is 7.58. The van der Waals surface area contributed by atoms with Crippen molar-refractivity contribution in [2.45, 2.75) is 13.5 Å². The van der Waals surface area contributed by atoms with Crippen molar-refractivity contribution in [3.8, 4) is 11.8 Å². The zero-order valence-electron chi connectivity index (χ0n) is 11.8. The fourth-order valence-corrected chi connectivity index (χ4v) is 2.51. The third kappa shape index (κ3) is 4.95. The summed E-state index contributed by atoms with van der Waals surface area (Å²) in [4.78, 5) is 12.9. The molecule has 0 saturated heterocycles. The summed E-state index contributed by atoms with van der Waals surface area (Å²) in [5.41, 5.74) is 8.15. The fourth-order valence-electron chi connectivity index (χ4n) is 1.76. The maximum atomic E-state index is 11.8. The largest absolute Gasteiger partial charge is 0.333 e. The van der Waals surface area contributed by atoms with Crippen LogP contribution in [0.25, 0.3) is 0 Å². The van der Waals surface area contributed by atoms with E-state index in [1.54, 1.807) is 11.3 Å². The van der Waals surface area contributed by atoms with Gasteiger partial charge in [-0.2, -0.15) is 0 Å². The van der Waals surface area contributed by atoms with Crippen LogP contribution in [0.4, 0.5) is 10.5 Å². The third-order valence-corrected chi connectivity index (χ3v) is 3.62.